The maximum atomic E-state index is 10.8. The summed E-state index contributed by atoms with van der Waals surface area (Å²) >= 11 is 0. The number of carboxylic acid groups (broad SMARTS) is 1. The number of hydrogen-bond donors (Lipinski definition) is 4. The minimum Gasteiger partial charge on any atom is -0.478 e. The summed E-state index contributed by atoms with van der Waals surface area (Å²) in [6.07, 6.45) is 9.08. The molecule has 0 saturated carbocycles. The van der Waals surface area contributed by atoms with Gasteiger partial charge in [0.1, 0.15) is 18.3 Å². The van der Waals surface area contributed by atoms with E-state index in [1.165, 1.54) is 49.1 Å². The van der Waals surface area contributed by atoms with Crippen LogP contribution in [0.2, 0.25) is 0 Å². The second kappa shape index (κ2) is 14.1. The lowest BCUT2D eigenvalue weighted by Crippen LogP contribution is -2.22. The molecule has 0 saturated heterocycles. The Hall–Kier alpha value is -3.75. The van der Waals surface area contributed by atoms with Crippen LogP contribution in [0.5, 0.6) is 5.75 Å². The van der Waals surface area contributed by atoms with Crippen LogP contribution in [-0.2, 0) is 19.4 Å². The number of aromatic amines is 1. The molecular weight excluding hydrogens is 466 g/mol. The molecule has 0 radical (unpaired) electrons. The van der Waals surface area contributed by atoms with Crippen molar-refractivity contribution in [1.29, 1.82) is 0 Å². The topological polar surface area (TPSA) is 112 Å². The van der Waals surface area contributed by atoms with Crippen LogP contribution in [0.1, 0.15) is 53.1 Å². The number of rotatable bonds is 11. The van der Waals surface area contributed by atoms with Crippen molar-refractivity contribution in [2.24, 2.45) is 0 Å². The Morgan fingerprint density at radius 3 is 2.51 bits per heavy atom. The molecule has 2 aromatic carbocycles. The number of aryl methyl sites for hydroxylation is 2. The Kier molecular flexibility index (Phi) is 10.0. The van der Waals surface area contributed by atoms with Crippen LogP contribution in [0.3, 0.4) is 0 Å². The Morgan fingerprint density at radius 1 is 0.946 bits per heavy atom. The zero-order valence-electron chi connectivity index (χ0n) is 21.1. The normalized spacial score (nSPS) is 12.4. The third kappa shape index (κ3) is 8.41. The number of benzene rings is 2. The van der Waals surface area contributed by atoms with E-state index < -0.39 is 5.97 Å². The number of H-pyrrole nitrogens is 1. The van der Waals surface area contributed by atoms with Crippen molar-refractivity contribution in [2.45, 2.75) is 45.1 Å². The van der Waals surface area contributed by atoms with E-state index in [9.17, 15) is 4.79 Å². The molecule has 37 heavy (non-hydrogen) atoms. The van der Waals surface area contributed by atoms with Crippen LogP contribution in [0, 0.1) is 0 Å². The van der Waals surface area contributed by atoms with Crippen molar-refractivity contribution in [2.75, 3.05) is 19.8 Å². The highest BCUT2D eigenvalue weighted by atomic mass is 16.5. The van der Waals surface area contributed by atoms with Gasteiger partial charge in [-0.15, -0.1) is 0 Å². The van der Waals surface area contributed by atoms with Gasteiger partial charge < -0.3 is 20.1 Å². The predicted molar refractivity (Wildman–Crippen MR) is 145 cm³/mol. The van der Waals surface area contributed by atoms with Crippen molar-refractivity contribution >= 4 is 17.0 Å². The number of nitrogens with zero attached hydrogens (tertiary/aromatic N) is 2. The first-order valence-electron chi connectivity index (χ1n) is 12.9. The van der Waals surface area contributed by atoms with Gasteiger partial charge in [0.25, 0.3) is 0 Å². The Labute approximate surface area is 217 Å². The second-order valence-corrected chi connectivity index (χ2v) is 9.02. The summed E-state index contributed by atoms with van der Waals surface area (Å²) < 4.78 is 5.52. The smallest absolute Gasteiger partial charge is 0.335 e. The van der Waals surface area contributed by atoms with Gasteiger partial charge >= 0.3 is 5.97 Å². The molecule has 0 aliphatic heterocycles. The molecule has 1 aliphatic carbocycles. The molecule has 0 amide bonds. The van der Waals surface area contributed by atoms with E-state index in [2.05, 4.69) is 31.7 Å². The molecule has 0 bridgehead atoms. The molecular formula is C29H35N5O3. The molecule has 2 heterocycles. The first-order valence-corrected chi connectivity index (χ1v) is 12.9. The van der Waals surface area contributed by atoms with Gasteiger partial charge in [0, 0.05) is 11.9 Å². The number of pyridine rings is 1. The van der Waals surface area contributed by atoms with Crippen LogP contribution >= 0.6 is 0 Å². The number of hydrogen-bond acceptors (Lipinski definition) is 6. The van der Waals surface area contributed by atoms with E-state index in [-0.39, 0.29) is 5.56 Å². The van der Waals surface area contributed by atoms with Gasteiger partial charge in [-0.05, 0) is 99.6 Å². The summed E-state index contributed by atoms with van der Waals surface area (Å²) in [5.74, 6) is 0.672. The van der Waals surface area contributed by atoms with Crippen LogP contribution in [0.4, 0.5) is 0 Å². The maximum absolute atomic E-state index is 10.8. The fourth-order valence-corrected chi connectivity index (χ4v) is 4.23. The molecule has 5 rings (SSSR count). The molecule has 0 unspecified atom stereocenters. The fourth-order valence-electron chi connectivity index (χ4n) is 4.23. The van der Waals surface area contributed by atoms with Gasteiger partial charge in [-0.1, -0.05) is 18.2 Å². The van der Waals surface area contributed by atoms with Crippen molar-refractivity contribution in [3.05, 3.63) is 89.5 Å². The SMILES string of the molecule is O=C(O)c1ccc(OCNCCCCNCc2nc3ccccc3[nH]2)cc1.c1cnc2c(c1)CCCC2. The van der Waals surface area contributed by atoms with Gasteiger partial charge in [-0.3, -0.25) is 10.3 Å². The van der Waals surface area contributed by atoms with E-state index in [0.29, 0.717) is 12.5 Å². The highest BCUT2D eigenvalue weighted by Crippen LogP contribution is 2.17. The molecule has 0 fully saturated rings. The second-order valence-electron chi connectivity index (χ2n) is 9.02. The molecule has 4 aromatic rings. The average Bonchev–Trinajstić information content (AvgIpc) is 3.36. The van der Waals surface area contributed by atoms with E-state index in [1.807, 2.05) is 36.5 Å². The summed E-state index contributed by atoms with van der Waals surface area (Å²) in [6.45, 7) is 2.92. The number of carbonyl (C=O) groups is 1. The predicted octanol–water partition coefficient (Wildman–Crippen LogP) is 4.72. The van der Waals surface area contributed by atoms with Crippen molar-refractivity contribution < 1.29 is 14.6 Å². The third-order valence-electron chi connectivity index (χ3n) is 6.22. The number of ether oxygens (including phenoxy) is 1. The number of aromatic carboxylic acids is 1. The summed E-state index contributed by atoms with van der Waals surface area (Å²) in [5, 5.41) is 15.5. The summed E-state index contributed by atoms with van der Waals surface area (Å²) in [6, 6.07) is 18.6. The van der Waals surface area contributed by atoms with Crippen molar-refractivity contribution in [3.8, 4) is 5.75 Å². The first-order chi connectivity index (χ1) is 18.2. The number of unbranched alkanes of at least 4 members (excludes halogenated alkanes) is 1. The highest BCUT2D eigenvalue weighted by molar-refractivity contribution is 5.87. The lowest BCUT2D eigenvalue weighted by molar-refractivity contribution is 0.0697. The average molecular weight is 502 g/mol. The fraction of sp³-hybridized carbons (Fsp3) is 0.345. The van der Waals surface area contributed by atoms with E-state index in [4.69, 9.17) is 9.84 Å². The zero-order valence-corrected chi connectivity index (χ0v) is 21.1. The number of aromatic nitrogens is 3. The largest absolute Gasteiger partial charge is 0.478 e. The number of nitrogens with one attached hydrogen (secondary N) is 3. The van der Waals surface area contributed by atoms with Crippen molar-refractivity contribution in [1.82, 2.24) is 25.6 Å². The van der Waals surface area contributed by atoms with Gasteiger partial charge in [0.05, 0.1) is 23.1 Å². The van der Waals surface area contributed by atoms with Gasteiger partial charge in [0.2, 0.25) is 0 Å². The van der Waals surface area contributed by atoms with Gasteiger partial charge in [-0.25, -0.2) is 9.78 Å². The number of carboxylic acids is 1. The third-order valence-corrected chi connectivity index (χ3v) is 6.22. The Bertz CT molecular complexity index is 1200. The molecule has 8 nitrogen and oxygen atoms in total. The standard InChI is InChI=1S/C20H24N4O3.C9H11N/c25-20(26)15-7-9-16(10-8-15)27-14-22-12-4-3-11-21-13-19-23-17-5-1-2-6-18(17)24-19;1-2-6-9-8(4-1)5-3-7-10-9/h1-2,5-10,21-22H,3-4,11-14H2,(H,23,24)(H,25,26);3,5,7H,1-2,4,6H2. The van der Waals surface area contributed by atoms with Crippen molar-refractivity contribution in [3.63, 3.8) is 0 Å². The molecule has 0 atom stereocenters. The zero-order chi connectivity index (χ0) is 25.7. The summed E-state index contributed by atoms with van der Waals surface area (Å²) in [5.41, 5.74) is 5.11. The number of para-hydroxylation sites is 2. The maximum Gasteiger partial charge on any atom is 0.335 e. The minimum atomic E-state index is -0.936. The van der Waals surface area contributed by atoms with Crippen LogP contribution in [0.25, 0.3) is 11.0 Å². The van der Waals surface area contributed by atoms with Crippen LogP contribution in [0.15, 0.2) is 66.9 Å². The number of imidazole rings is 1. The summed E-state index contributed by atoms with van der Waals surface area (Å²) in [4.78, 5) is 22.9. The van der Waals surface area contributed by atoms with Gasteiger partial charge in [0.15, 0.2) is 0 Å². The lowest BCUT2D eigenvalue weighted by atomic mass is 9.96. The molecule has 194 valence electrons. The first kappa shape index (κ1) is 26.3. The van der Waals surface area contributed by atoms with Gasteiger partial charge in [-0.2, -0.15) is 0 Å². The Morgan fingerprint density at radius 2 is 1.73 bits per heavy atom. The molecule has 1 aliphatic rings. The molecule has 0 spiro atoms. The van der Waals surface area contributed by atoms with Crippen LogP contribution in [-0.4, -0.2) is 45.8 Å². The van der Waals surface area contributed by atoms with E-state index >= 15 is 0 Å². The minimum absolute atomic E-state index is 0.255. The highest BCUT2D eigenvalue weighted by Gasteiger charge is 2.07. The molecule has 2 aromatic heterocycles. The Balaban J connectivity index is 0.000000265. The van der Waals surface area contributed by atoms with Crippen LogP contribution < -0.4 is 15.4 Å². The van der Waals surface area contributed by atoms with E-state index in [0.717, 1.165) is 49.3 Å². The molecule has 8 heteroatoms. The van der Waals surface area contributed by atoms with E-state index in [1.54, 1.807) is 12.1 Å². The monoisotopic (exact) mass is 501 g/mol. The lowest BCUT2D eigenvalue weighted by Gasteiger charge is -2.12. The quantitative estimate of drug-likeness (QED) is 0.174. The number of fused-ring (bicyclic) bond motifs is 2. The summed E-state index contributed by atoms with van der Waals surface area (Å²) in [7, 11) is 0. The molecule has 4 N–H and O–H groups in total.